The summed E-state index contributed by atoms with van der Waals surface area (Å²) in [7, 11) is -3.39. The summed E-state index contributed by atoms with van der Waals surface area (Å²) >= 11 is 0. The highest BCUT2D eigenvalue weighted by atomic mass is 32.2. The molecule has 2 aliphatic rings. The number of carbonyl (C=O) groups excluding carboxylic acids is 4. The van der Waals surface area contributed by atoms with Crippen LogP contribution < -0.4 is 24.8 Å². The molecular weight excluding hydrogens is 720 g/mol. The Kier molecular flexibility index (Phi) is 13.8. The molecule has 2 heterocycles. The van der Waals surface area contributed by atoms with Gasteiger partial charge in [-0.25, -0.2) is 27.5 Å². The van der Waals surface area contributed by atoms with Crippen molar-refractivity contribution in [2.24, 2.45) is 5.92 Å². The van der Waals surface area contributed by atoms with E-state index in [-0.39, 0.29) is 25.3 Å². The Balaban J connectivity index is 1.57. The van der Waals surface area contributed by atoms with E-state index < -0.39 is 82.9 Å². The Morgan fingerprint density at radius 1 is 1.09 bits per heavy atom. The second kappa shape index (κ2) is 17.7. The smallest absolute Gasteiger partial charge is 0.408 e. The number of pyridine rings is 1. The van der Waals surface area contributed by atoms with Gasteiger partial charge in [-0.1, -0.05) is 39.0 Å². The van der Waals surface area contributed by atoms with E-state index in [1.54, 1.807) is 56.0 Å². The highest BCUT2D eigenvalue weighted by Crippen LogP contribution is 2.48. The van der Waals surface area contributed by atoms with E-state index in [0.29, 0.717) is 24.0 Å². The predicted octanol–water partition coefficient (Wildman–Crippen LogP) is 3.99. The summed E-state index contributed by atoms with van der Waals surface area (Å²) in [6.45, 7) is 4.96. The maximum absolute atomic E-state index is 14.1. The topological polar surface area (TPSA) is 192 Å². The van der Waals surface area contributed by atoms with Crippen LogP contribution in [0.1, 0.15) is 79.1 Å². The molecule has 15 nitrogen and oxygen atoms in total. The normalized spacial score (nSPS) is 21.3. The highest BCUT2D eigenvalue weighted by molar-refractivity contribution is 7.85. The number of likely N-dealkylation sites (tertiary alicyclic amines) is 1. The minimum Gasteiger partial charge on any atom is -0.497 e. The molecule has 4 rings (SSSR count). The van der Waals surface area contributed by atoms with E-state index in [9.17, 15) is 36.4 Å². The maximum Gasteiger partial charge on any atom is 0.408 e. The first-order chi connectivity index (χ1) is 25.0. The molecule has 0 bridgehead atoms. The van der Waals surface area contributed by atoms with Gasteiger partial charge in [0.05, 0.1) is 13.7 Å². The molecule has 2 fully saturated rings. The fourth-order valence-electron chi connectivity index (χ4n) is 6.32. The molecule has 4 atom stereocenters. The molecule has 53 heavy (non-hydrogen) atoms. The molecule has 1 aliphatic heterocycles. The maximum atomic E-state index is 14.1. The first-order valence-electron chi connectivity index (χ1n) is 17.6. The fraction of sp³-hybridized carbons (Fsp3) is 0.629. The zero-order valence-electron chi connectivity index (χ0n) is 30.6. The van der Waals surface area contributed by atoms with Crippen LogP contribution in [0.15, 0.2) is 30.5 Å². The van der Waals surface area contributed by atoms with Crippen molar-refractivity contribution in [3.05, 3.63) is 30.5 Å². The van der Waals surface area contributed by atoms with Gasteiger partial charge in [0.25, 0.3) is 12.3 Å². The van der Waals surface area contributed by atoms with Crippen LogP contribution in [0.25, 0.3) is 10.8 Å². The second-order valence-electron chi connectivity index (χ2n) is 14.2. The third-order valence-electron chi connectivity index (χ3n) is 8.96. The largest absolute Gasteiger partial charge is 0.497 e. The molecule has 1 saturated carbocycles. The molecule has 0 radical (unpaired) electrons. The van der Waals surface area contributed by atoms with Crippen molar-refractivity contribution in [3.8, 4) is 11.6 Å². The van der Waals surface area contributed by atoms with Crippen LogP contribution in [0.2, 0.25) is 0 Å². The number of alkyl carbamates (subject to hydrolysis) is 1. The molecule has 0 spiro atoms. The van der Waals surface area contributed by atoms with E-state index in [4.69, 9.17) is 14.2 Å². The number of carbonyl (C=O) groups is 4. The lowest BCUT2D eigenvalue weighted by atomic mass is 10.0. The fourth-order valence-corrected chi connectivity index (χ4v) is 7.07. The molecule has 2 aromatic rings. The number of benzene rings is 1. The van der Waals surface area contributed by atoms with Crippen LogP contribution in [0.3, 0.4) is 0 Å². The van der Waals surface area contributed by atoms with Crippen LogP contribution in [-0.4, -0.2) is 98.6 Å². The average Bonchev–Trinajstić information content (AvgIpc) is 3.62. The predicted molar refractivity (Wildman–Crippen MR) is 188 cm³/mol. The number of ether oxygens (including phenoxy) is 3. The van der Waals surface area contributed by atoms with Gasteiger partial charge < -0.3 is 29.7 Å². The van der Waals surface area contributed by atoms with Gasteiger partial charge in [0.1, 0.15) is 42.2 Å². The minimum absolute atomic E-state index is 0.0482. The third-order valence-corrected chi connectivity index (χ3v) is 9.84. The average molecular weight is 770 g/mol. The van der Waals surface area contributed by atoms with Gasteiger partial charge in [-0.05, 0) is 69.2 Å². The monoisotopic (exact) mass is 769 g/mol. The van der Waals surface area contributed by atoms with Crippen LogP contribution in [0.5, 0.6) is 11.6 Å². The summed E-state index contributed by atoms with van der Waals surface area (Å²) in [6, 6.07) is 5.85. The second-order valence-corrected chi connectivity index (χ2v) is 15.6. The van der Waals surface area contributed by atoms with Gasteiger partial charge in [-0.15, -0.1) is 0 Å². The number of alkyl halides is 2. The number of nitrogens with one attached hydrogen (secondary N) is 3. The lowest BCUT2D eigenvalue weighted by Crippen LogP contribution is -2.57. The molecule has 294 valence electrons. The SMILES string of the molecule is CCCCCCC[C@@H]1C[C@]1(NC(=O)[C@@H]1CC(Oc2nccc3cc(OC)ccc23)CN1C(=O)CNC(=O)OC(C)(C)C)C(=O)NS(=O)(=O)OCC(F)F. The van der Waals surface area contributed by atoms with Crippen molar-refractivity contribution in [1.29, 1.82) is 0 Å². The summed E-state index contributed by atoms with van der Waals surface area (Å²) in [5, 5.41) is 6.51. The first-order valence-corrected chi connectivity index (χ1v) is 19.0. The van der Waals surface area contributed by atoms with Crippen LogP contribution in [0.4, 0.5) is 13.6 Å². The number of hydrogen-bond donors (Lipinski definition) is 3. The quantitative estimate of drug-likeness (QED) is 0.186. The van der Waals surface area contributed by atoms with Gasteiger partial charge >= 0.3 is 16.4 Å². The molecule has 1 saturated heterocycles. The Hall–Kier alpha value is -4.32. The van der Waals surface area contributed by atoms with Crippen molar-refractivity contribution in [1.82, 2.24) is 25.2 Å². The van der Waals surface area contributed by atoms with Crippen LogP contribution >= 0.6 is 0 Å². The van der Waals surface area contributed by atoms with Crippen molar-refractivity contribution < 1.29 is 54.8 Å². The highest BCUT2D eigenvalue weighted by Gasteiger charge is 2.62. The molecule has 3 N–H and O–H groups in total. The van der Waals surface area contributed by atoms with E-state index in [1.807, 2.05) is 0 Å². The molecule has 1 aliphatic carbocycles. The molecule has 1 unspecified atom stereocenters. The summed E-state index contributed by atoms with van der Waals surface area (Å²) < 4.78 is 72.8. The Morgan fingerprint density at radius 3 is 2.51 bits per heavy atom. The molecular formula is C35H49F2N5O10S. The molecule has 1 aromatic carbocycles. The van der Waals surface area contributed by atoms with Gasteiger partial charge in [0, 0.05) is 18.0 Å². The number of rotatable bonds is 18. The summed E-state index contributed by atoms with van der Waals surface area (Å²) in [5.74, 6) is -2.17. The van der Waals surface area contributed by atoms with Crippen molar-refractivity contribution in [2.75, 3.05) is 26.8 Å². The summed E-state index contributed by atoms with van der Waals surface area (Å²) in [4.78, 5) is 59.1. The standard InChI is InChI=1S/C35H49F2N5O10S/c1-6-7-8-9-10-11-23-18-35(23,32(45)41-53(47,48)50-21-28(36)37)40-30(44)27-17-25(20-42(27)29(43)19-39-33(46)52-34(2,3)4)51-31-26-13-12-24(49-5)16-22(26)14-15-38-31/h12-16,23,25,27-28H,6-11,17-21H2,1-5H3,(H,39,46)(H,40,44)(H,41,45)/t23-,25?,27+,35-/m1/s1. The summed E-state index contributed by atoms with van der Waals surface area (Å²) in [6.07, 6.45) is 1.88. The lowest BCUT2D eigenvalue weighted by Gasteiger charge is -2.27. The zero-order chi connectivity index (χ0) is 39.0. The van der Waals surface area contributed by atoms with E-state index in [1.165, 1.54) is 12.0 Å². The zero-order valence-corrected chi connectivity index (χ0v) is 31.4. The first kappa shape index (κ1) is 41.4. The number of fused-ring (bicyclic) bond motifs is 1. The Bertz CT molecular complexity index is 1740. The van der Waals surface area contributed by atoms with Crippen LogP contribution in [-0.2, 0) is 33.6 Å². The van der Waals surface area contributed by atoms with Gasteiger partial charge in [0.2, 0.25) is 17.7 Å². The number of unbranched alkanes of at least 4 members (excludes halogenated alkanes) is 4. The van der Waals surface area contributed by atoms with Gasteiger partial charge in [-0.2, -0.15) is 8.42 Å². The van der Waals surface area contributed by atoms with Crippen molar-refractivity contribution >= 4 is 44.9 Å². The third kappa shape index (κ3) is 11.6. The molecule has 1 aromatic heterocycles. The van der Waals surface area contributed by atoms with Crippen LogP contribution in [0, 0.1) is 5.92 Å². The lowest BCUT2D eigenvalue weighted by molar-refractivity contribution is -0.139. The van der Waals surface area contributed by atoms with Crippen molar-refractivity contribution in [2.45, 2.75) is 109 Å². The molecule has 4 amide bonds. The Labute approximate surface area is 308 Å². The van der Waals surface area contributed by atoms with Crippen molar-refractivity contribution in [3.63, 3.8) is 0 Å². The number of halogens is 2. The summed E-state index contributed by atoms with van der Waals surface area (Å²) in [5.41, 5.74) is -2.54. The minimum atomic E-state index is -4.93. The number of amides is 4. The van der Waals surface area contributed by atoms with Gasteiger partial charge in [0.15, 0.2) is 0 Å². The number of methoxy groups -OCH3 is 1. The van der Waals surface area contributed by atoms with E-state index in [2.05, 4.69) is 26.7 Å². The van der Waals surface area contributed by atoms with E-state index in [0.717, 1.165) is 31.1 Å². The number of aromatic nitrogens is 1. The number of nitrogens with zero attached hydrogens (tertiary/aromatic N) is 2. The number of hydrogen-bond acceptors (Lipinski definition) is 11. The molecule has 18 heteroatoms. The van der Waals surface area contributed by atoms with E-state index >= 15 is 0 Å². The Morgan fingerprint density at radius 2 is 1.83 bits per heavy atom. The van der Waals surface area contributed by atoms with Gasteiger partial charge in [-0.3, -0.25) is 14.4 Å².